The summed E-state index contributed by atoms with van der Waals surface area (Å²) in [5.41, 5.74) is 3.60. The molecule has 0 heterocycles. The van der Waals surface area contributed by atoms with Gasteiger partial charge in [0.15, 0.2) is 0 Å². The summed E-state index contributed by atoms with van der Waals surface area (Å²) in [6, 6.07) is 12.5. The predicted octanol–water partition coefficient (Wildman–Crippen LogP) is 3.30. The summed E-state index contributed by atoms with van der Waals surface area (Å²) in [7, 11) is 0. The largest absolute Gasteiger partial charge is 0.489 e. The van der Waals surface area contributed by atoms with Crippen molar-refractivity contribution in [2.75, 3.05) is 0 Å². The zero-order chi connectivity index (χ0) is 19.2. The van der Waals surface area contributed by atoms with E-state index >= 15 is 0 Å². The van der Waals surface area contributed by atoms with Crippen molar-refractivity contribution in [3.05, 3.63) is 63.6 Å². The maximum absolute atomic E-state index is 11.6. The van der Waals surface area contributed by atoms with Crippen LogP contribution in [-0.2, 0) is 16.2 Å². The van der Waals surface area contributed by atoms with Crippen LogP contribution in [0.1, 0.15) is 24.0 Å². The summed E-state index contributed by atoms with van der Waals surface area (Å²) in [5.74, 6) is -0.880. The molecule has 6 nitrogen and oxygen atoms in total. The second kappa shape index (κ2) is 8.88. The first-order chi connectivity index (χ1) is 13.0. The third-order valence-corrected chi connectivity index (χ3v) is 4.51. The average Bonchev–Trinajstić information content (AvgIpc) is 3.45. The summed E-state index contributed by atoms with van der Waals surface area (Å²) >= 11 is 12.3. The van der Waals surface area contributed by atoms with Crippen LogP contribution in [0, 0.1) is 0 Å². The van der Waals surface area contributed by atoms with Crippen LogP contribution in [0.15, 0.2) is 47.6 Å². The Kier molecular flexibility index (Phi) is 6.32. The molecular weight excluding hydrogens is 389 g/mol. The average molecular weight is 406 g/mol. The van der Waals surface area contributed by atoms with Crippen LogP contribution in [0.2, 0.25) is 10.0 Å². The number of ether oxygens (including phenoxy) is 1. The maximum Gasteiger partial charge on any atom is 0.329 e. The Labute approximate surface area is 166 Å². The fraction of sp³-hybridized carbons (Fsp3) is 0.211. The normalized spacial score (nSPS) is 13.4. The van der Waals surface area contributed by atoms with Gasteiger partial charge in [-0.15, -0.1) is 0 Å². The number of benzene rings is 2. The van der Waals surface area contributed by atoms with Crippen LogP contribution in [0.3, 0.4) is 0 Å². The van der Waals surface area contributed by atoms with E-state index in [1.165, 1.54) is 6.21 Å². The molecule has 1 aliphatic carbocycles. The topological polar surface area (TPSA) is 79.8 Å². The quantitative estimate of drug-likeness (QED) is 0.439. The molecule has 1 saturated carbocycles. The van der Waals surface area contributed by atoms with Crippen LogP contribution >= 0.6 is 23.2 Å². The van der Waals surface area contributed by atoms with Crippen LogP contribution in [0.5, 0.6) is 5.75 Å². The molecule has 0 saturated heterocycles. The second-order valence-electron chi connectivity index (χ2n) is 6.01. The number of nitrogens with zero attached hydrogens (tertiary/aromatic N) is 1. The first-order valence-electron chi connectivity index (χ1n) is 8.32. The highest BCUT2D eigenvalue weighted by Gasteiger charge is 2.26. The zero-order valence-corrected chi connectivity index (χ0v) is 15.8. The number of nitrogens with one attached hydrogen (secondary N) is 2. The van der Waals surface area contributed by atoms with Crippen LogP contribution in [0.25, 0.3) is 0 Å². The summed E-state index contributed by atoms with van der Waals surface area (Å²) in [4.78, 5) is 23.1. The molecule has 1 fully saturated rings. The Morgan fingerprint density at radius 1 is 1.11 bits per heavy atom. The number of hydrogen-bond acceptors (Lipinski definition) is 4. The summed E-state index contributed by atoms with van der Waals surface area (Å²) in [5, 5.41) is 7.45. The Bertz CT molecular complexity index is 862. The third kappa shape index (κ3) is 5.70. The molecule has 2 amide bonds. The van der Waals surface area contributed by atoms with E-state index < -0.39 is 11.8 Å². The lowest BCUT2D eigenvalue weighted by atomic mass is 10.2. The molecule has 2 N–H and O–H groups in total. The number of halogens is 2. The fourth-order valence-electron chi connectivity index (χ4n) is 2.21. The zero-order valence-electron chi connectivity index (χ0n) is 14.2. The molecule has 1 aliphatic rings. The van der Waals surface area contributed by atoms with Crippen molar-refractivity contribution in [2.24, 2.45) is 5.10 Å². The van der Waals surface area contributed by atoms with Gasteiger partial charge in [-0.05, 0) is 42.7 Å². The van der Waals surface area contributed by atoms with E-state index in [4.69, 9.17) is 27.9 Å². The lowest BCUT2D eigenvalue weighted by molar-refractivity contribution is -0.139. The summed E-state index contributed by atoms with van der Waals surface area (Å²) < 4.78 is 5.73. The van der Waals surface area contributed by atoms with Crippen molar-refractivity contribution in [1.82, 2.24) is 10.7 Å². The molecule has 0 radical (unpaired) electrons. The van der Waals surface area contributed by atoms with Gasteiger partial charge in [-0.1, -0.05) is 41.4 Å². The number of hydrazone groups is 1. The van der Waals surface area contributed by atoms with Gasteiger partial charge in [0.25, 0.3) is 0 Å². The molecule has 2 aromatic rings. The van der Waals surface area contributed by atoms with Gasteiger partial charge < -0.3 is 10.1 Å². The van der Waals surface area contributed by atoms with Gasteiger partial charge >= 0.3 is 11.8 Å². The highest BCUT2D eigenvalue weighted by Crippen LogP contribution is 2.26. The van der Waals surface area contributed by atoms with Gasteiger partial charge in [0.2, 0.25) is 0 Å². The number of carbonyl (C=O) groups excluding carboxylic acids is 2. The lowest BCUT2D eigenvalue weighted by Gasteiger charge is -2.09. The minimum absolute atomic E-state index is 0.118. The Morgan fingerprint density at radius 2 is 1.81 bits per heavy atom. The van der Waals surface area contributed by atoms with Gasteiger partial charge in [0, 0.05) is 21.7 Å². The van der Waals surface area contributed by atoms with E-state index in [0.717, 1.165) is 12.8 Å². The van der Waals surface area contributed by atoms with E-state index in [1.54, 1.807) is 42.5 Å². The van der Waals surface area contributed by atoms with Gasteiger partial charge in [-0.25, -0.2) is 5.43 Å². The molecular formula is C19H17Cl2N3O3. The number of carbonyl (C=O) groups is 2. The summed E-state index contributed by atoms with van der Waals surface area (Å²) in [6.07, 6.45) is 3.25. The van der Waals surface area contributed by atoms with Gasteiger partial charge in [-0.3, -0.25) is 9.59 Å². The highest BCUT2D eigenvalue weighted by atomic mass is 35.5. The SMILES string of the molecule is O=C(N/N=C\c1cccc(OCc2c(Cl)cccc2Cl)c1)C(=O)NC1CC1. The van der Waals surface area contributed by atoms with E-state index in [2.05, 4.69) is 15.8 Å². The minimum atomic E-state index is -0.793. The van der Waals surface area contributed by atoms with Crippen LogP contribution < -0.4 is 15.5 Å². The number of hydrogen-bond donors (Lipinski definition) is 2. The fourth-order valence-corrected chi connectivity index (χ4v) is 2.71. The van der Waals surface area contributed by atoms with E-state index in [1.807, 2.05) is 0 Å². The van der Waals surface area contributed by atoms with E-state index in [0.29, 0.717) is 26.9 Å². The molecule has 0 unspecified atom stereocenters. The Balaban J connectivity index is 1.55. The van der Waals surface area contributed by atoms with E-state index in [-0.39, 0.29) is 12.6 Å². The molecule has 0 bridgehead atoms. The van der Waals surface area contributed by atoms with Crippen molar-refractivity contribution in [1.29, 1.82) is 0 Å². The monoisotopic (exact) mass is 405 g/mol. The molecule has 27 heavy (non-hydrogen) atoms. The van der Waals surface area contributed by atoms with Crippen molar-refractivity contribution in [3.8, 4) is 5.75 Å². The molecule has 8 heteroatoms. The highest BCUT2D eigenvalue weighted by molar-refractivity contribution is 6.36. The third-order valence-electron chi connectivity index (χ3n) is 3.80. The number of amides is 2. The van der Waals surface area contributed by atoms with Crippen molar-refractivity contribution in [2.45, 2.75) is 25.5 Å². The first kappa shape index (κ1) is 19.2. The summed E-state index contributed by atoms with van der Waals surface area (Å²) in [6.45, 7) is 0.219. The number of rotatable bonds is 6. The van der Waals surface area contributed by atoms with Gasteiger partial charge in [0.05, 0.1) is 6.21 Å². The van der Waals surface area contributed by atoms with Crippen LogP contribution in [0.4, 0.5) is 0 Å². The first-order valence-corrected chi connectivity index (χ1v) is 9.08. The molecule has 140 valence electrons. The molecule has 0 aromatic heterocycles. The van der Waals surface area contributed by atoms with Crippen LogP contribution in [-0.4, -0.2) is 24.1 Å². The molecule has 0 aliphatic heterocycles. The minimum Gasteiger partial charge on any atom is -0.489 e. The second-order valence-corrected chi connectivity index (χ2v) is 6.82. The van der Waals surface area contributed by atoms with E-state index in [9.17, 15) is 9.59 Å². The standard InChI is InChI=1S/C19H17Cl2N3O3/c20-16-5-2-6-17(21)15(16)11-27-14-4-1-3-12(9-14)10-22-24-19(26)18(25)23-13-7-8-13/h1-6,9-10,13H,7-8,11H2,(H,23,25)(H,24,26)/b22-10-. The molecule has 2 aromatic carbocycles. The Hall–Kier alpha value is -2.57. The van der Waals surface area contributed by atoms with Crippen molar-refractivity contribution >= 4 is 41.2 Å². The van der Waals surface area contributed by atoms with Crippen molar-refractivity contribution in [3.63, 3.8) is 0 Å². The van der Waals surface area contributed by atoms with Gasteiger partial charge in [0.1, 0.15) is 12.4 Å². The Morgan fingerprint density at radius 3 is 2.52 bits per heavy atom. The maximum atomic E-state index is 11.6. The lowest BCUT2D eigenvalue weighted by Crippen LogP contribution is -2.38. The molecule has 0 spiro atoms. The van der Waals surface area contributed by atoms with Crippen molar-refractivity contribution < 1.29 is 14.3 Å². The van der Waals surface area contributed by atoms with Gasteiger partial charge in [-0.2, -0.15) is 5.10 Å². The molecule has 3 rings (SSSR count). The smallest absolute Gasteiger partial charge is 0.329 e. The predicted molar refractivity (Wildman–Crippen MR) is 104 cm³/mol. The molecule has 0 atom stereocenters.